The predicted molar refractivity (Wildman–Crippen MR) is 82.2 cm³/mol. The Morgan fingerprint density at radius 2 is 1.86 bits per heavy atom. The minimum atomic E-state index is -0.480. The molecule has 2 aromatic carbocycles. The predicted octanol–water partition coefficient (Wildman–Crippen LogP) is 4.87. The lowest BCUT2D eigenvalue weighted by Gasteiger charge is -2.05. The van der Waals surface area contributed by atoms with Crippen molar-refractivity contribution in [1.82, 2.24) is 9.55 Å². The van der Waals surface area contributed by atoms with Gasteiger partial charge in [0.25, 0.3) is 0 Å². The molecule has 0 aliphatic carbocycles. The maximum atomic E-state index is 13.4. The van der Waals surface area contributed by atoms with Crippen molar-refractivity contribution in [2.24, 2.45) is 0 Å². The maximum absolute atomic E-state index is 13.4. The number of benzene rings is 2. The molecule has 0 aliphatic heterocycles. The van der Waals surface area contributed by atoms with E-state index in [0.717, 1.165) is 11.1 Å². The molecule has 0 radical (unpaired) electrons. The number of imidazole rings is 1. The van der Waals surface area contributed by atoms with Crippen LogP contribution in [-0.4, -0.2) is 9.55 Å². The third-order valence-electron chi connectivity index (χ3n) is 3.35. The second kappa shape index (κ2) is 5.58. The van der Waals surface area contributed by atoms with Crippen molar-refractivity contribution in [1.29, 1.82) is 0 Å². The molecule has 2 nitrogen and oxygen atoms in total. The number of hydrogen-bond acceptors (Lipinski definition) is 1. The molecule has 0 fully saturated rings. The van der Waals surface area contributed by atoms with Crippen molar-refractivity contribution in [3.05, 3.63) is 63.4 Å². The van der Waals surface area contributed by atoms with Crippen molar-refractivity contribution >= 4 is 34.9 Å². The van der Waals surface area contributed by atoms with Crippen LogP contribution in [0.4, 0.5) is 8.78 Å². The van der Waals surface area contributed by atoms with Gasteiger partial charge in [-0.15, -0.1) is 0 Å². The van der Waals surface area contributed by atoms with Gasteiger partial charge in [-0.05, 0) is 42.4 Å². The molecule has 3 rings (SSSR count). The first kappa shape index (κ1) is 14.2. The summed E-state index contributed by atoms with van der Waals surface area (Å²) in [6.07, 6.45) is 0.691. The van der Waals surface area contributed by atoms with Crippen LogP contribution in [0.1, 0.15) is 5.56 Å². The van der Waals surface area contributed by atoms with Crippen LogP contribution in [0.25, 0.3) is 11.0 Å². The van der Waals surface area contributed by atoms with Crippen LogP contribution in [0.3, 0.4) is 0 Å². The summed E-state index contributed by atoms with van der Waals surface area (Å²) in [5.41, 5.74) is 2.37. The zero-order valence-corrected chi connectivity index (χ0v) is 12.4. The van der Waals surface area contributed by atoms with E-state index in [1.165, 1.54) is 18.2 Å². The highest BCUT2D eigenvalue weighted by Gasteiger charge is 2.09. The number of nitrogens with one attached hydrogen (secondary N) is 1. The minimum absolute atomic E-state index is 0.0621. The van der Waals surface area contributed by atoms with Gasteiger partial charge < -0.3 is 9.55 Å². The third kappa shape index (κ3) is 2.84. The van der Waals surface area contributed by atoms with Gasteiger partial charge in [0, 0.05) is 12.6 Å². The highest BCUT2D eigenvalue weighted by atomic mass is 35.5. The van der Waals surface area contributed by atoms with Gasteiger partial charge in [-0.25, -0.2) is 8.78 Å². The van der Waals surface area contributed by atoms with Gasteiger partial charge in [0.1, 0.15) is 11.6 Å². The number of rotatable bonds is 3. The maximum Gasteiger partial charge on any atom is 0.178 e. The molecule has 3 aromatic rings. The largest absolute Gasteiger partial charge is 0.330 e. The number of aryl methyl sites for hydroxylation is 2. The van der Waals surface area contributed by atoms with E-state index < -0.39 is 5.82 Å². The highest BCUT2D eigenvalue weighted by Crippen LogP contribution is 2.23. The second-order valence-corrected chi connectivity index (χ2v) is 5.54. The number of fused-ring (bicyclic) bond motifs is 1. The van der Waals surface area contributed by atoms with Crippen molar-refractivity contribution in [2.45, 2.75) is 13.0 Å². The first-order chi connectivity index (χ1) is 10.0. The van der Waals surface area contributed by atoms with Crippen molar-refractivity contribution in [2.75, 3.05) is 0 Å². The topological polar surface area (TPSA) is 20.7 Å². The lowest BCUT2D eigenvalue weighted by molar-refractivity contribution is 0.625. The van der Waals surface area contributed by atoms with E-state index in [9.17, 15) is 8.78 Å². The molecule has 1 aromatic heterocycles. The molecule has 108 valence electrons. The Bertz CT molecular complexity index is 852. The van der Waals surface area contributed by atoms with E-state index in [0.29, 0.717) is 23.3 Å². The van der Waals surface area contributed by atoms with Crippen LogP contribution < -0.4 is 0 Å². The van der Waals surface area contributed by atoms with Gasteiger partial charge in [-0.3, -0.25) is 0 Å². The molecule has 1 N–H and O–H groups in total. The van der Waals surface area contributed by atoms with E-state index in [4.69, 9.17) is 23.8 Å². The minimum Gasteiger partial charge on any atom is -0.330 e. The summed E-state index contributed by atoms with van der Waals surface area (Å²) < 4.78 is 28.7. The quantitative estimate of drug-likeness (QED) is 0.681. The fourth-order valence-electron chi connectivity index (χ4n) is 2.27. The number of halogens is 3. The number of nitrogens with zero attached hydrogens (tertiary/aromatic N) is 1. The van der Waals surface area contributed by atoms with Crippen molar-refractivity contribution in [3.63, 3.8) is 0 Å². The molecule has 1 heterocycles. The Hall–Kier alpha value is -1.72. The van der Waals surface area contributed by atoms with E-state index in [2.05, 4.69) is 4.98 Å². The Balaban J connectivity index is 1.93. The Morgan fingerprint density at radius 3 is 2.57 bits per heavy atom. The first-order valence-corrected chi connectivity index (χ1v) is 7.15. The molecule has 6 heteroatoms. The van der Waals surface area contributed by atoms with Gasteiger partial charge in [-0.2, -0.15) is 0 Å². The van der Waals surface area contributed by atoms with Crippen LogP contribution in [-0.2, 0) is 13.0 Å². The van der Waals surface area contributed by atoms with Crippen LogP contribution in [0, 0.1) is 16.4 Å². The second-order valence-electron chi connectivity index (χ2n) is 4.74. The van der Waals surface area contributed by atoms with Gasteiger partial charge in [0.15, 0.2) is 4.77 Å². The van der Waals surface area contributed by atoms with E-state index >= 15 is 0 Å². The van der Waals surface area contributed by atoms with Gasteiger partial charge in [0.05, 0.1) is 16.1 Å². The van der Waals surface area contributed by atoms with Gasteiger partial charge in [-0.1, -0.05) is 23.7 Å². The van der Waals surface area contributed by atoms with E-state index in [1.807, 2.05) is 4.57 Å². The monoisotopic (exact) mass is 324 g/mol. The van der Waals surface area contributed by atoms with Crippen LogP contribution in [0.5, 0.6) is 0 Å². The fourth-order valence-corrected chi connectivity index (χ4v) is 2.72. The molecule has 0 bridgehead atoms. The summed E-state index contributed by atoms with van der Waals surface area (Å²) in [7, 11) is 0. The van der Waals surface area contributed by atoms with E-state index in [-0.39, 0.29) is 10.8 Å². The first-order valence-electron chi connectivity index (χ1n) is 6.36. The number of H-pyrrole nitrogens is 1. The van der Waals surface area contributed by atoms with Crippen LogP contribution in [0.15, 0.2) is 36.4 Å². The molecular formula is C15H11ClF2N2S. The molecule has 0 amide bonds. The summed E-state index contributed by atoms with van der Waals surface area (Å²) in [5.74, 6) is -0.740. The van der Waals surface area contributed by atoms with Crippen molar-refractivity contribution < 1.29 is 8.78 Å². The Kier molecular flexibility index (Phi) is 3.78. The standard InChI is InChI=1S/C15H11ClF2N2S/c16-11-7-14-13(8-12(11)18)19-15(21)20(14)6-5-9-1-3-10(17)4-2-9/h1-4,7-8H,5-6H2,(H,19,21). The molecule has 0 saturated carbocycles. The lowest BCUT2D eigenvalue weighted by atomic mass is 10.1. The number of aromatic nitrogens is 2. The van der Waals surface area contributed by atoms with Crippen LogP contribution >= 0.6 is 23.8 Å². The summed E-state index contributed by atoms with van der Waals surface area (Å²) in [5, 5.41) is 0.0621. The molecule has 0 unspecified atom stereocenters. The third-order valence-corrected chi connectivity index (χ3v) is 3.97. The number of aromatic amines is 1. The lowest BCUT2D eigenvalue weighted by Crippen LogP contribution is -2.01. The van der Waals surface area contributed by atoms with Gasteiger partial charge in [0.2, 0.25) is 0 Å². The summed E-state index contributed by atoms with van der Waals surface area (Å²) in [6.45, 7) is 0.604. The summed E-state index contributed by atoms with van der Waals surface area (Å²) in [4.78, 5) is 2.96. The normalized spacial score (nSPS) is 11.2. The fraction of sp³-hybridized carbons (Fsp3) is 0.133. The average Bonchev–Trinajstić information content (AvgIpc) is 2.74. The molecule has 0 aliphatic rings. The zero-order valence-electron chi connectivity index (χ0n) is 10.9. The Labute approximate surface area is 130 Å². The van der Waals surface area contributed by atoms with Crippen LogP contribution in [0.2, 0.25) is 5.02 Å². The molecule has 0 spiro atoms. The highest BCUT2D eigenvalue weighted by molar-refractivity contribution is 7.71. The molecule has 0 saturated heterocycles. The summed E-state index contributed by atoms with van der Waals surface area (Å²) >= 11 is 11.1. The smallest absolute Gasteiger partial charge is 0.178 e. The van der Waals surface area contributed by atoms with Crippen molar-refractivity contribution in [3.8, 4) is 0 Å². The Morgan fingerprint density at radius 1 is 1.14 bits per heavy atom. The SMILES string of the molecule is Fc1ccc(CCn2c(=S)[nH]c3cc(F)c(Cl)cc32)cc1. The zero-order chi connectivity index (χ0) is 15.0. The molecule has 0 atom stereocenters. The average molecular weight is 325 g/mol. The summed E-state index contributed by atoms with van der Waals surface area (Å²) in [6, 6.07) is 9.22. The van der Waals surface area contributed by atoms with Gasteiger partial charge >= 0.3 is 0 Å². The molecule has 21 heavy (non-hydrogen) atoms. The molecular weight excluding hydrogens is 314 g/mol. The number of hydrogen-bond donors (Lipinski definition) is 1. The van der Waals surface area contributed by atoms with E-state index in [1.54, 1.807) is 18.2 Å².